The number of ether oxygens (including phenoxy) is 3. The third-order valence-electron chi connectivity index (χ3n) is 5.28. The second kappa shape index (κ2) is 9.84. The molecule has 0 saturated carbocycles. The number of carbonyl (C=O) groups excluding carboxylic acids is 1. The second-order valence-corrected chi connectivity index (χ2v) is 8.28. The molecule has 0 aliphatic carbocycles. The molecule has 10 heteroatoms. The van der Waals surface area contributed by atoms with E-state index in [4.69, 9.17) is 14.2 Å². The van der Waals surface area contributed by atoms with Gasteiger partial charge < -0.3 is 19.5 Å². The highest BCUT2D eigenvalue weighted by molar-refractivity contribution is 7.17. The molecular weight excluding hydrogens is 458 g/mol. The van der Waals surface area contributed by atoms with Gasteiger partial charge in [0, 0.05) is 11.8 Å². The Morgan fingerprint density at radius 2 is 1.74 bits per heavy atom. The number of hydrogen-bond acceptors (Lipinski definition) is 7. The Hall–Kier alpha value is -4.05. The average molecular weight is 482 g/mol. The van der Waals surface area contributed by atoms with Crippen LogP contribution >= 0.6 is 11.3 Å². The first kappa shape index (κ1) is 23.1. The van der Waals surface area contributed by atoms with Gasteiger partial charge in [0.15, 0.2) is 11.5 Å². The van der Waals surface area contributed by atoms with E-state index >= 15 is 0 Å². The van der Waals surface area contributed by atoms with Crippen molar-refractivity contribution < 1.29 is 19.0 Å². The second-order valence-electron chi connectivity index (χ2n) is 7.36. The van der Waals surface area contributed by atoms with Crippen LogP contribution in [0.5, 0.6) is 17.2 Å². The quantitative estimate of drug-likeness (QED) is 0.415. The molecule has 4 aromatic rings. The Balaban J connectivity index is 1.67. The number of methoxy groups -OCH3 is 3. The molecule has 0 saturated heterocycles. The number of carbonyl (C=O) groups is 1. The van der Waals surface area contributed by atoms with E-state index in [0.29, 0.717) is 33.2 Å². The summed E-state index contributed by atoms with van der Waals surface area (Å²) >= 11 is 1.23. The molecule has 0 atom stereocenters. The summed E-state index contributed by atoms with van der Waals surface area (Å²) in [4.78, 5) is 39.2. The van der Waals surface area contributed by atoms with Gasteiger partial charge in [0.05, 0.1) is 33.4 Å². The lowest BCUT2D eigenvalue weighted by Gasteiger charge is -2.14. The molecule has 0 spiro atoms. The number of nitrogens with zero attached hydrogens (tertiary/aromatic N) is 2. The van der Waals surface area contributed by atoms with E-state index in [-0.39, 0.29) is 13.1 Å². The molecule has 2 heterocycles. The van der Waals surface area contributed by atoms with Crippen molar-refractivity contribution >= 4 is 33.1 Å². The van der Waals surface area contributed by atoms with Gasteiger partial charge in [0.2, 0.25) is 5.91 Å². The molecule has 34 heavy (non-hydrogen) atoms. The van der Waals surface area contributed by atoms with Crippen LogP contribution in [0.1, 0.15) is 5.56 Å². The van der Waals surface area contributed by atoms with Crippen molar-refractivity contribution in [3.8, 4) is 17.2 Å². The van der Waals surface area contributed by atoms with Crippen molar-refractivity contribution in [2.45, 2.75) is 13.1 Å². The summed E-state index contributed by atoms with van der Waals surface area (Å²) in [6.45, 7) is -0.210. The Morgan fingerprint density at radius 1 is 0.941 bits per heavy atom. The predicted octanol–water partition coefficient (Wildman–Crippen LogP) is 2.94. The lowest BCUT2D eigenvalue weighted by molar-refractivity contribution is -0.116. The Labute approximate surface area is 198 Å². The van der Waals surface area contributed by atoms with Crippen LogP contribution in [0.25, 0.3) is 10.2 Å². The molecule has 4 rings (SSSR count). The summed E-state index contributed by atoms with van der Waals surface area (Å²) in [5, 5.41) is 4.49. The topological polar surface area (TPSA) is 101 Å². The lowest BCUT2D eigenvalue weighted by Crippen LogP contribution is -2.41. The highest BCUT2D eigenvalue weighted by Crippen LogP contribution is 2.29. The van der Waals surface area contributed by atoms with E-state index < -0.39 is 17.2 Å². The summed E-state index contributed by atoms with van der Waals surface area (Å²) in [5.74, 6) is 1.19. The molecule has 2 aromatic carbocycles. The first-order valence-electron chi connectivity index (χ1n) is 10.3. The van der Waals surface area contributed by atoms with Crippen LogP contribution in [0.2, 0.25) is 0 Å². The van der Waals surface area contributed by atoms with Crippen molar-refractivity contribution in [3.63, 3.8) is 0 Å². The van der Waals surface area contributed by atoms with Crippen LogP contribution in [-0.2, 0) is 17.9 Å². The largest absolute Gasteiger partial charge is 0.497 e. The molecule has 1 amide bonds. The van der Waals surface area contributed by atoms with Crippen LogP contribution in [0.3, 0.4) is 0 Å². The summed E-state index contributed by atoms with van der Waals surface area (Å²) in [6.07, 6.45) is 0. The zero-order valence-electron chi connectivity index (χ0n) is 18.9. The van der Waals surface area contributed by atoms with Crippen LogP contribution in [-0.4, -0.2) is 36.4 Å². The van der Waals surface area contributed by atoms with E-state index in [9.17, 15) is 14.4 Å². The molecule has 176 valence electrons. The van der Waals surface area contributed by atoms with E-state index in [1.807, 2.05) is 0 Å². The SMILES string of the molecule is COc1cccc(Cn2c(=O)c3sccc3n(CC(=O)Nc3ccc(OC)c(OC)c3)c2=O)c1. The minimum Gasteiger partial charge on any atom is -0.497 e. The van der Waals surface area contributed by atoms with Crippen molar-refractivity contribution in [1.29, 1.82) is 0 Å². The summed E-state index contributed by atoms with van der Waals surface area (Å²) in [5.41, 5.74) is 0.678. The standard InChI is InChI=1S/C24H23N3O6S/c1-31-17-6-4-5-15(11-17)13-27-23(29)22-18(9-10-34-22)26(24(27)30)14-21(28)25-16-7-8-19(32-2)20(12-16)33-3/h4-12H,13-14H2,1-3H3,(H,25,28). The van der Waals surface area contributed by atoms with Crippen molar-refractivity contribution in [3.05, 3.63) is 80.3 Å². The first-order chi connectivity index (χ1) is 16.4. The lowest BCUT2D eigenvalue weighted by atomic mass is 10.2. The van der Waals surface area contributed by atoms with Gasteiger partial charge in [-0.2, -0.15) is 0 Å². The molecule has 2 aromatic heterocycles. The normalized spacial score (nSPS) is 10.8. The first-order valence-corrected chi connectivity index (χ1v) is 11.2. The number of thiophene rings is 1. The summed E-state index contributed by atoms with van der Waals surface area (Å²) in [6, 6.07) is 13.8. The number of rotatable bonds is 8. The maximum Gasteiger partial charge on any atom is 0.332 e. The Bertz CT molecular complexity index is 1470. The van der Waals surface area contributed by atoms with Gasteiger partial charge in [0.1, 0.15) is 17.0 Å². The maximum absolute atomic E-state index is 13.3. The van der Waals surface area contributed by atoms with Gasteiger partial charge in [-0.3, -0.25) is 18.7 Å². The van der Waals surface area contributed by atoms with Crippen LogP contribution in [0.4, 0.5) is 5.69 Å². The van der Waals surface area contributed by atoms with Crippen LogP contribution in [0.15, 0.2) is 63.5 Å². The molecule has 0 aliphatic rings. The van der Waals surface area contributed by atoms with E-state index in [1.54, 1.807) is 61.0 Å². The van der Waals surface area contributed by atoms with E-state index in [2.05, 4.69) is 5.32 Å². The van der Waals surface area contributed by atoms with Gasteiger partial charge in [-0.05, 0) is 41.3 Å². The zero-order valence-corrected chi connectivity index (χ0v) is 19.7. The molecule has 0 fully saturated rings. The van der Waals surface area contributed by atoms with E-state index in [1.165, 1.54) is 30.1 Å². The Kier molecular flexibility index (Phi) is 6.69. The molecular formula is C24H23N3O6S. The molecule has 0 aliphatic heterocycles. The molecule has 0 radical (unpaired) electrons. The molecule has 0 bridgehead atoms. The summed E-state index contributed by atoms with van der Waals surface area (Å²) < 4.78 is 18.6. The fourth-order valence-electron chi connectivity index (χ4n) is 3.64. The molecule has 9 nitrogen and oxygen atoms in total. The van der Waals surface area contributed by atoms with Gasteiger partial charge in [-0.1, -0.05) is 12.1 Å². The van der Waals surface area contributed by atoms with Gasteiger partial charge in [0.25, 0.3) is 5.56 Å². The number of fused-ring (bicyclic) bond motifs is 1. The molecule has 1 N–H and O–H groups in total. The van der Waals surface area contributed by atoms with Crippen LogP contribution in [0, 0.1) is 0 Å². The smallest absolute Gasteiger partial charge is 0.332 e. The highest BCUT2D eigenvalue weighted by Gasteiger charge is 2.17. The van der Waals surface area contributed by atoms with Crippen molar-refractivity contribution in [2.24, 2.45) is 0 Å². The number of amides is 1. The van der Waals surface area contributed by atoms with Crippen molar-refractivity contribution in [2.75, 3.05) is 26.6 Å². The average Bonchev–Trinajstić information content (AvgIpc) is 3.34. The third kappa shape index (κ3) is 4.53. The number of hydrogen-bond donors (Lipinski definition) is 1. The number of anilines is 1. The van der Waals surface area contributed by atoms with Crippen LogP contribution < -0.4 is 30.8 Å². The number of benzene rings is 2. The van der Waals surface area contributed by atoms with E-state index in [0.717, 1.165) is 10.1 Å². The number of aromatic nitrogens is 2. The maximum atomic E-state index is 13.3. The van der Waals surface area contributed by atoms with Gasteiger partial charge in [-0.15, -0.1) is 11.3 Å². The Morgan fingerprint density at radius 3 is 2.47 bits per heavy atom. The number of nitrogens with one attached hydrogen (secondary N) is 1. The van der Waals surface area contributed by atoms with Crippen molar-refractivity contribution in [1.82, 2.24) is 9.13 Å². The summed E-state index contributed by atoms with van der Waals surface area (Å²) in [7, 11) is 4.57. The fourth-order valence-corrected chi connectivity index (χ4v) is 4.48. The fraction of sp³-hybridized carbons (Fsp3) is 0.208. The van der Waals surface area contributed by atoms with Gasteiger partial charge >= 0.3 is 5.69 Å². The molecule has 0 unspecified atom stereocenters. The monoisotopic (exact) mass is 481 g/mol. The zero-order chi connectivity index (χ0) is 24.2. The highest BCUT2D eigenvalue weighted by atomic mass is 32.1. The minimum atomic E-state index is -0.568. The van der Waals surface area contributed by atoms with Gasteiger partial charge in [-0.25, -0.2) is 4.79 Å². The minimum absolute atomic E-state index is 0.0556. The third-order valence-corrected chi connectivity index (χ3v) is 6.17. The predicted molar refractivity (Wildman–Crippen MR) is 131 cm³/mol.